The van der Waals surface area contributed by atoms with Crippen molar-refractivity contribution in [3.63, 3.8) is 0 Å². The van der Waals surface area contributed by atoms with E-state index in [1.807, 2.05) is 6.07 Å². The van der Waals surface area contributed by atoms with E-state index in [4.69, 9.17) is 14.2 Å². The number of carbonyl (C=O) groups excluding carboxylic acids is 1. The lowest BCUT2D eigenvalue weighted by molar-refractivity contribution is -0.141. The van der Waals surface area contributed by atoms with Crippen molar-refractivity contribution >= 4 is 5.97 Å². The first-order valence-electron chi connectivity index (χ1n) is 13.9. The lowest BCUT2D eigenvalue weighted by atomic mass is 9.91. The molecule has 2 atom stereocenters. The van der Waals surface area contributed by atoms with Crippen molar-refractivity contribution in [2.45, 2.75) is 56.9 Å². The first-order valence-corrected chi connectivity index (χ1v) is 13.9. The van der Waals surface area contributed by atoms with Gasteiger partial charge in [0.05, 0.1) is 31.4 Å². The van der Waals surface area contributed by atoms with Crippen LogP contribution in [-0.4, -0.2) is 39.6 Å². The molecule has 2 heterocycles. The molecular formula is C32H30F3N3O5. The Morgan fingerprint density at radius 1 is 1.09 bits per heavy atom. The van der Waals surface area contributed by atoms with Crippen LogP contribution in [0.4, 0.5) is 13.2 Å². The van der Waals surface area contributed by atoms with E-state index >= 15 is 0 Å². The van der Waals surface area contributed by atoms with E-state index in [2.05, 4.69) is 10.1 Å². The summed E-state index contributed by atoms with van der Waals surface area (Å²) in [7, 11) is 1.35. The maximum Gasteiger partial charge on any atom is 0.417 e. The predicted molar refractivity (Wildman–Crippen MR) is 150 cm³/mol. The van der Waals surface area contributed by atoms with E-state index in [9.17, 15) is 23.1 Å². The SMILES string of the molecule is COC(=O)CC1COc2cc(O[C@@H]3CCc4c3ccc(C(F)(F)F)c4-c3ccc(-n4cnc(C(C)(C)O)n4)cc3)ccc21. The number of nitrogens with zero attached hydrogens (tertiary/aromatic N) is 3. The fraction of sp³-hybridized carbons (Fsp3) is 0.344. The van der Waals surface area contributed by atoms with E-state index in [0.717, 1.165) is 11.6 Å². The van der Waals surface area contributed by atoms with Crippen LogP contribution in [0.3, 0.4) is 0 Å². The van der Waals surface area contributed by atoms with Crippen LogP contribution in [0.5, 0.6) is 11.5 Å². The highest BCUT2D eigenvalue weighted by molar-refractivity contribution is 5.75. The van der Waals surface area contributed by atoms with Gasteiger partial charge in [0, 0.05) is 17.5 Å². The minimum absolute atomic E-state index is 0.105. The number of alkyl halides is 3. The van der Waals surface area contributed by atoms with Crippen molar-refractivity contribution in [2.24, 2.45) is 0 Å². The highest BCUT2D eigenvalue weighted by Crippen LogP contribution is 2.47. The second-order valence-electron chi connectivity index (χ2n) is 11.3. The minimum atomic E-state index is -4.55. The molecule has 0 radical (unpaired) electrons. The van der Waals surface area contributed by atoms with Gasteiger partial charge in [0.25, 0.3) is 0 Å². The molecule has 3 aromatic carbocycles. The average molecular weight is 594 g/mol. The number of carbonyl (C=O) groups is 1. The van der Waals surface area contributed by atoms with Gasteiger partial charge < -0.3 is 19.3 Å². The van der Waals surface area contributed by atoms with E-state index in [-0.39, 0.29) is 29.7 Å². The van der Waals surface area contributed by atoms with Crippen LogP contribution in [0.25, 0.3) is 16.8 Å². The first-order chi connectivity index (χ1) is 20.4. The molecule has 1 aliphatic carbocycles. The Morgan fingerprint density at radius 2 is 1.84 bits per heavy atom. The number of aliphatic hydroxyl groups is 1. The third-order valence-corrected chi connectivity index (χ3v) is 7.90. The molecule has 0 saturated carbocycles. The number of esters is 1. The van der Waals surface area contributed by atoms with Crippen LogP contribution in [0, 0.1) is 0 Å². The van der Waals surface area contributed by atoms with Crippen LogP contribution in [0.1, 0.15) is 66.8 Å². The predicted octanol–water partition coefficient (Wildman–Crippen LogP) is 6.29. The monoisotopic (exact) mass is 593 g/mol. The Labute approximate surface area is 246 Å². The van der Waals surface area contributed by atoms with Gasteiger partial charge in [-0.2, -0.15) is 13.2 Å². The summed E-state index contributed by atoms with van der Waals surface area (Å²) in [6, 6.07) is 14.7. The van der Waals surface area contributed by atoms with Gasteiger partial charge in [-0.3, -0.25) is 4.79 Å². The summed E-state index contributed by atoms with van der Waals surface area (Å²) in [5.41, 5.74) is 1.45. The van der Waals surface area contributed by atoms with E-state index in [1.54, 1.807) is 50.2 Å². The standard InChI is InChI=1S/C32H30F3N3O5/c1-31(2,40)30-36-17-38(37-30)20-6-4-18(5-7-20)29-24-11-13-26(23(24)10-12-25(29)32(33,34)35)43-21-8-9-22-19(14-28(39)41-3)16-42-27(22)15-21/h4-10,12,15,17,19,26,40H,11,13-14,16H2,1-3H3/t19?,26-/m1/s1. The molecule has 1 N–H and O–H groups in total. The fourth-order valence-corrected chi connectivity index (χ4v) is 5.75. The molecule has 8 nitrogen and oxygen atoms in total. The van der Waals surface area contributed by atoms with Gasteiger partial charge in [-0.1, -0.05) is 24.3 Å². The van der Waals surface area contributed by atoms with Crippen molar-refractivity contribution in [1.29, 1.82) is 0 Å². The van der Waals surface area contributed by atoms with E-state index in [0.29, 0.717) is 53.3 Å². The second kappa shape index (κ2) is 10.7. The van der Waals surface area contributed by atoms with Crippen LogP contribution in [-0.2, 0) is 27.7 Å². The number of fused-ring (bicyclic) bond motifs is 2. The van der Waals surface area contributed by atoms with Crippen molar-refractivity contribution < 1.29 is 37.3 Å². The molecular weight excluding hydrogens is 563 g/mol. The lowest BCUT2D eigenvalue weighted by Gasteiger charge is -2.20. The molecule has 2 aliphatic rings. The number of ether oxygens (including phenoxy) is 3. The first kappa shape index (κ1) is 28.7. The third-order valence-electron chi connectivity index (χ3n) is 7.90. The molecule has 1 unspecified atom stereocenters. The summed E-state index contributed by atoms with van der Waals surface area (Å²) in [6.07, 6.45) is -2.38. The van der Waals surface area contributed by atoms with Crippen LogP contribution < -0.4 is 9.47 Å². The van der Waals surface area contributed by atoms with Crippen molar-refractivity contribution in [3.05, 3.63) is 89.0 Å². The lowest BCUT2D eigenvalue weighted by Crippen LogP contribution is -2.18. The molecule has 0 spiro atoms. The molecule has 1 aromatic heterocycles. The number of benzene rings is 3. The largest absolute Gasteiger partial charge is 0.492 e. The number of hydrogen-bond acceptors (Lipinski definition) is 7. The van der Waals surface area contributed by atoms with Gasteiger partial charge in [-0.05, 0) is 73.2 Å². The molecule has 0 saturated heterocycles. The van der Waals surface area contributed by atoms with Crippen molar-refractivity contribution in [1.82, 2.24) is 14.8 Å². The Bertz CT molecular complexity index is 1680. The molecule has 0 bridgehead atoms. The number of aromatic nitrogens is 3. The van der Waals surface area contributed by atoms with Gasteiger partial charge in [0.15, 0.2) is 5.82 Å². The minimum Gasteiger partial charge on any atom is -0.492 e. The van der Waals surface area contributed by atoms with Crippen molar-refractivity contribution in [2.75, 3.05) is 13.7 Å². The number of hydrogen-bond donors (Lipinski definition) is 1. The summed E-state index contributed by atoms with van der Waals surface area (Å²) in [4.78, 5) is 15.9. The van der Waals surface area contributed by atoms with Crippen molar-refractivity contribution in [3.8, 4) is 28.3 Å². The molecule has 6 rings (SSSR count). The molecule has 224 valence electrons. The maximum absolute atomic E-state index is 14.2. The zero-order valence-electron chi connectivity index (χ0n) is 23.8. The van der Waals surface area contributed by atoms with Gasteiger partial charge in [-0.25, -0.2) is 9.67 Å². The van der Waals surface area contributed by atoms with Crippen LogP contribution in [0.2, 0.25) is 0 Å². The molecule has 0 amide bonds. The van der Waals surface area contributed by atoms with Gasteiger partial charge in [-0.15, -0.1) is 5.10 Å². The molecule has 1 aliphatic heterocycles. The second-order valence-corrected chi connectivity index (χ2v) is 11.3. The van der Waals surface area contributed by atoms with Gasteiger partial charge >= 0.3 is 12.1 Å². The fourth-order valence-electron chi connectivity index (χ4n) is 5.75. The Hall–Kier alpha value is -4.38. The molecule has 43 heavy (non-hydrogen) atoms. The van der Waals surface area contributed by atoms with Gasteiger partial charge in [0.1, 0.15) is 29.5 Å². The maximum atomic E-state index is 14.2. The highest BCUT2D eigenvalue weighted by atomic mass is 19.4. The molecule has 11 heteroatoms. The number of rotatable bonds is 7. The summed E-state index contributed by atoms with van der Waals surface area (Å²) in [5.74, 6) is 0.982. The van der Waals surface area contributed by atoms with E-state index < -0.39 is 23.4 Å². The van der Waals surface area contributed by atoms with E-state index in [1.165, 1.54) is 24.2 Å². The summed E-state index contributed by atoms with van der Waals surface area (Å²) in [6.45, 7) is 3.50. The Morgan fingerprint density at radius 3 is 2.51 bits per heavy atom. The van der Waals surface area contributed by atoms with Crippen LogP contribution >= 0.6 is 0 Å². The highest BCUT2D eigenvalue weighted by Gasteiger charge is 2.38. The Kier molecular flexibility index (Phi) is 7.16. The number of methoxy groups -OCH3 is 1. The topological polar surface area (TPSA) is 95.7 Å². The summed E-state index contributed by atoms with van der Waals surface area (Å²) < 4.78 is 61.1. The zero-order chi connectivity index (χ0) is 30.5. The van der Waals surface area contributed by atoms with Gasteiger partial charge in [0.2, 0.25) is 0 Å². The normalized spacial score (nSPS) is 17.7. The molecule has 4 aromatic rings. The average Bonchev–Trinajstić information content (AvgIpc) is 3.71. The zero-order valence-corrected chi connectivity index (χ0v) is 23.8. The summed E-state index contributed by atoms with van der Waals surface area (Å²) >= 11 is 0. The molecule has 0 fully saturated rings. The summed E-state index contributed by atoms with van der Waals surface area (Å²) in [5, 5.41) is 14.5. The smallest absolute Gasteiger partial charge is 0.417 e. The number of halogens is 3. The van der Waals surface area contributed by atoms with Crippen LogP contribution in [0.15, 0.2) is 60.9 Å². The Balaban J connectivity index is 1.29. The quantitative estimate of drug-likeness (QED) is 0.252. The third kappa shape index (κ3) is 5.56.